The van der Waals surface area contributed by atoms with Crippen molar-refractivity contribution in [3.05, 3.63) is 46.6 Å². The highest BCUT2D eigenvalue weighted by atomic mass is 16.5. The van der Waals surface area contributed by atoms with Crippen LogP contribution in [0.3, 0.4) is 0 Å². The fourth-order valence-electron chi connectivity index (χ4n) is 3.17. The molecule has 0 amide bonds. The van der Waals surface area contributed by atoms with E-state index < -0.39 is 0 Å². The average molecular weight is 307 g/mol. The molecule has 5 nitrogen and oxygen atoms in total. The van der Waals surface area contributed by atoms with Crippen molar-refractivity contribution in [2.45, 2.75) is 20.3 Å². The summed E-state index contributed by atoms with van der Waals surface area (Å²) < 4.78 is 7.21. The van der Waals surface area contributed by atoms with E-state index in [-0.39, 0.29) is 5.56 Å². The highest BCUT2D eigenvalue weighted by Gasteiger charge is 2.18. The highest BCUT2D eigenvalue weighted by Crippen LogP contribution is 2.34. The van der Waals surface area contributed by atoms with Gasteiger partial charge in [-0.25, -0.2) is 4.98 Å². The van der Waals surface area contributed by atoms with Gasteiger partial charge in [0.05, 0.1) is 18.1 Å². The van der Waals surface area contributed by atoms with Gasteiger partial charge in [-0.1, -0.05) is 13.8 Å². The van der Waals surface area contributed by atoms with Gasteiger partial charge in [0, 0.05) is 17.8 Å². The SMILES string of the molecule is COc1cc2ccnc3ccn4c(=O)c(CC(C)C)nc1c4c23. The minimum absolute atomic E-state index is 0.0634. The molecular formula is C18H17N3O2. The van der Waals surface area contributed by atoms with Crippen LogP contribution in [0.25, 0.3) is 27.3 Å². The van der Waals surface area contributed by atoms with Crippen LogP contribution in [-0.4, -0.2) is 21.5 Å². The highest BCUT2D eigenvalue weighted by molar-refractivity contribution is 6.14. The Kier molecular flexibility index (Phi) is 2.98. The minimum Gasteiger partial charge on any atom is -0.494 e. The van der Waals surface area contributed by atoms with Crippen molar-refractivity contribution in [3.8, 4) is 5.75 Å². The third-order valence-electron chi connectivity index (χ3n) is 4.15. The van der Waals surface area contributed by atoms with Crippen LogP contribution >= 0.6 is 0 Å². The number of pyridine rings is 2. The molecule has 5 heteroatoms. The van der Waals surface area contributed by atoms with E-state index in [1.807, 2.05) is 18.2 Å². The molecule has 116 valence electrons. The van der Waals surface area contributed by atoms with Gasteiger partial charge in [0.15, 0.2) is 0 Å². The number of ether oxygens (including phenoxy) is 1. The molecule has 0 aliphatic rings. The summed E-state index contributed by atoms with van der Waals surface area (Å²) in [6, 6.07) is 5.77. The summed E-state index contributed by atoms with van der Waals surface area (Å²) in [7, 11) is 1.63. The Balaban J connectivity index is 2.26. The molecule has 0 saturated heterocycles. The van der Waals surface area contributed by atoms with Gasteiger partial charge in [0.1, 0.15) is 17.0 Å². The second kappa shape index (κ2) is 4.91. The molecule has 3 aromatic heterocycles. The Morgan fingerprint density at radius 3 is 2.87 bits per heavy atom. The van der Waals surface area contributed by atoms with Gasteiger partial charge < -0.3 is 4.74 Å². The predicted molar refractivity (Wildman–Crippen MR) is 90.5 cm³/mol. The van der Waals surface area contributed by atoms with Crippen molar-refractivity contribution in [2.24, 2.45) is 5.92 Å². The topological polar surface area (TPSA) is 56.5 Å². The van der Waals surface area contributed by atoms with E-state index in [1.165, 1.54) is 0 Å². The van der Waals surface area contributed by atoms with E-state index >= 15 is 0 Å². The van der Waals surface area contributed by atoms with Crippen molar-refractivity contribution in [1.29, 1.82) is 0 Å². The maximum absolute atomic E-state index is 12.8. The molecule has 0 fully saturated rings. The second-order valence-electron chi connectivity index (χ2n) is 6.22. The number of hydrogen-bond acceptors (Lipinski definition) is 4. The number of hydrogen-bond donors (Lipinski definition) is 0. The van der Waals surface area contributed by atoms with Crippen LogP contribution < -0.4 is 10.3 Å². The zero-order valence-electron chi connectivity index (χ0n) is 13.3. The number of rotatable bonds is 3. The summed E-state index contributed by atoms with van der Waals surface area (Å²) in [6.07, 6.45) is 4.19. The van der Waals surface area contributed by atoms with Gasteiger partial charge in [-0.15, -0.1) is 0 Å². The lowest BCUT2D eigenvalue weighted by atomic mass is 10.0. The maximum atomic E-state index is 12.8. The lowest BCUT2D eigenvalue weighted by Gasteiger charge is -2.15. The normalized spacial score (nSPS) is 12.0. The average Bonchev–Trinajstić information content (AvgIpc) is 2.54. The van der Waals surface area contributed by atoms with Crippen LogP contribution in [0.1, 0.15) is 19.5 Å². The zero-order valence-corrected chi connectivity index (χ0v) is 13.3. The monoisotopic (exact) mass is 307 g/mol. The van der Waals surface area contributed by atoms with Crippen LogP contribution in [0.5, 0.6) is 5.75 Å². The summed E-state index contributed by atoms with van der Waals surface area (Å²) in [4.78, 5) is 21.9. The molecule has 4 aromatic rings. The van der Waals surface area contributed by atoms with E-state index in [0.29, 0.717) is 29.3 Å². The Morgan fingerprint density at radius 1 is 1.30 bits per heavy atom. The van der Waals surface area contributed by atoms with Gasteiger partial charge in [0.25, 0.3) is 5.56 Å². The first-order valence-corrected chi connectivity index (χ1v) is 7.69. The van der Waals surface area contributed by atoms with E-state index in [0.717, 1.165) is 21.8 Å². The molecule has 0 radical (unpaired) electrons. The first-order valence-electron chi connectivity index (χ1n) is 7.69. The van der Waals surface area contributed by atoms with Gasteiger partial charge in [-0.05, 0) is 35.9 Å². The van der Waals surface area contributed by atoms with Crippen molar-refractivity contribution >= 4 is 27.3 Å². The van der Waals surface area contributed by atoms with Crippen molar-refractivity contribution in [1.82, 2.24) is 14.4 Å². The molecule has 0 bridgehead atoms. The van der Waals surface area contributed by atoms with E-state index in [4.69, 9.17) is 4.74 Å². The number of benzene rings is 1. The maximum Gasteiger partial charge on any atom is 0.276 e. The van der Waals surface area contributed by atoms with Crippen LogP contribution in [0.2, 0.25) is 0 Å². The molecule has 0 aliphatic carbocycles. The first-order chi connectivity index (χ1) is 11.1. The first kappa shape index (κ1) is 13.9. The molecule has 0 aliphatic heterocycles. The van der Waals surface area contributed by atoms with Crippen LogP contribution in [-0.2, 0) is 6.42 Å². The summed E-state index contributed by atoms with van der Waals surface area (Å²) in [6.45, 7) is 4.16. The molecule has 0 spiro atoms. The number of nitrogens with zero attached hydrogens (tertiary/aromatic N) is 3. The minimum atomic E-state index is -0.0634. The van der Waals surface area contributed by atoms with E-state index in [9.17, 15) is 4.79 Å². The Bertz CT molecular complexity index is 1080. The van der Waals surface area contributed by atoms with Crippen LogP contribution in [0.15, 0.2) is 35.4 Å². The molecule has 0 N–H and O–H groups in total. The lowest BCUT2D eigenvalue weighted by molar-refractivity contribution is 0.419. The molecule has 0 saturated carbocycles. The predicted octanol–water partition coefficient (Wildman–Crippen LogP) is 3.04. The molecule has 4 rings (SSSR count). The Hall–Kier alpha value is -2.69. The van der Waals surface area contributed by atoms with Gasteiger partial charge in [-0.3, -0.25) is 14.2 Å². The molecule has 23 heavy (non-hydrogen) atoms. The standard InChI is InChI=1S/C18H17N3O2/c1-10(2)8-13-18(22)21-7-5-12-15-11(4-6-19-12)9-14(23-3)16(20-13)17(15)21/h4-7,9-10H,8H2,1-3H3. The Morgan fingerprint density at radius 2 is 2.13 bits per heavy atom. The largest absolute Gasteiger partial charge is 0.494 e. The van der Waals surface area contributed by atoms with Crippen LogP contribution in [0, 0.1) is 5.92 Å². The summed E-state index contributed by atoms with van der Waals surface area (Å²) in [5.74, 6) is 1.04. The second-order valence-corrected chi connectivity index (χ2v) is 6.22. The lowest BCUT2D eigenvalue weighted by Crippen LogP contribution is -2.22. The van der Waals surface area contributed by atoms with Crippen molar-refractivity contribution < 1.29 is 4.74 Å². The summed E-state index contributed by atoms with van der Waals surface area (Å²) in [5, 5.41) is 1.95. The van der Waals surface area contributed by atoms with Gasteiger partial charge in [-0.2, -0.15) is 0 Å². The fraction of sp³-hybridized carbons (Fsp3) is 0.278. The molecule has 0 atom stereocenters. The van der Waals surface area contributed by atoms with E-state index in [2.05, 4.69) is 23.8 Å². The smallest absolute Gasteiger partial charge is 0.276 e. The van der Waals surface area contributed by atoms with Crippen molar-refractivity contribution in [3.63, 3.8) is 0 Å². The van der Waals surface area contributed by atoms with Crippen LogP contribution in [0.4, 0.5) is 0 Å². The fourth-order valence-corrected chi connectivity index (χ4v) is 3.17. The molecule has 3 heterocycles. The zero-order chi connectivity index (χ0) is 16.1. The van der Waals surface area contributed by atoms with Gasteiger partial charge in [0.2, 0.25) is 0 Å². The summed E-state index contributed by atoms with van der Waals surface area (Å²) in [5.41, 5.74) is 2.86. The number of aromatic nitrogens is 3. The molecule has 1 aromatic carbocycles. The van der Waals surface area contributed by atoms with E-state index in [1.54, 1.807) is 23.9 Å². The Labute approximate surface area is 132 Å². The quantitative estimate of drug-likeness (QED) is 0.546. The number of methoxy groups -OCH3 is 1. The van der Waals surface area contributed by atoms with Crippen molar-refractivity contribution in [2.75, 3.05) is 7.11 Å². The molecular weight excluding hydrogens is 290 g/mol. The molecule has 0 unspecified atom stereocenters. The summed E-state index contributed by atoms with van der Waals surface area (Å²) >= 11 is 0. The third-order valence-corrected chi connectivity index (χ3v) is 4.15. The third kappa shape index (κ3) is 1.96. The van der Waals surface area contributed by atoms with Gasteiger partial charge >= 0.3 is 0 Å².